The highest BCUT2D eigenvalue weighted by atomic mass is 16.4. The maximum Gasteiger partial charge on any atom is 0.0914 e. The van der Waals surface area contributed by atoms with Gasteiger partial charge in [-0.2, -0.15) is 0 Å². The fourth-order valence-electron chi connectivity index (χ4n) is 0.105. The zero-order chi connectivity index (χ0) is 5.86. The Kier molecular flexibility index (Phi) is 2.19. The number of nitrogens with zero attached hydrogens (tertiary/aromatic N) is 1. The lowest BCUT2D eigenvalue weighted by molar-refractivity contribution is 0.873. The Morgan fingerprint density at radius 3 is 2.14 bits per heavy atom. The average molecular weight is 101 g/mol. The quantitative estimate of drug-likeness (QED) is 0.297. The molecule has 0 aliphatic rings. The van der Waals surface area contributed by atoms with Crippen LogP contribution in [0.5, 0.6) is 0 Å². The summed E-state index contributed by atoms with van der Waals surface area (Å²) in [5.74, 6) is 0.248. The van der Waals surface area contributed by atoms with Crippen molar-refractivity contribution in [2.75, 3.05) is 0 Å². The maximum absolute atomic E-state index is 9.53. The molecule has 0 atom stereocenters. The first kappa shape index (κ1) is 6.27. The molecule has 3 heteroatoms. The van der Waals surface area contributed by atoms with E-state index in [-0.39, 0.29) is 11.8 Å². The molecule has 0 radical (unpaired) electrons. The van der Waals surface area contributed by atoms with Gasteiger partial charge in [0.1, 0.15) is 0 Å². The highest BCUT2D eigenvalue weighted by molar-refractivity contribution is 5.82. The molecule has 3 nitrogen and oxygen atoms in total. The predicted molar refractivity (Wildman–Crippen MR) is 29.8 cm³/mol. The molecule has 0 rings (SSSR count). The summed E-state index contributed by atoms with van der Waals surface area (Å²) in [6.45, 7) is 3.63. The molecule has 0 spiro atoms. The topological polar surface area (TPSA) is 61.4 Å². The van der Waals surface area contributed by atoms with E-state index in [1.807, 2.05) is 13.8 Å². The van der Waals surface area contributed by atoms with Crippen LogP contribution in [0.4, 0.5) is 0 Å². The first-order valence-corrected chi connectivity index (χ1v) is 2.14. The van der Waals surface area contributed by atoms with Crippen molar-refractivity contribution >= 4 is 5.84 Å². The molecule has 0 aromatic rings. The minimum absolute atomic E-state index is 0.0810. The number of hydrogen-bond donors (Lipinski definition) is 1. The molecule has 7 heavy (non-hydrogen) atoms. The largest absolute Gasteiger partial charge is 0.791 e. The highest BCUT2D eigenvalue weighted by Gasteiger charge is 1.92. The monoisotopic (exact) mass is 101 g/mol. The van der Waals surface area contributed by atoms with E-state index in [0.717, 1.165) is 0 Å². The van der Waals surface area contributed by atoms with Crippen molar-refractivity contribution in [1.82, 2.24) is 0 Å². The molecule has 0 amide bonds. The minimum Gasteiger partial charge on any atom is -0.791 e. The number of nitrogens with two attached hydrogens (primary N) is 1. The Bertz CT molecular complexity index is 77.8. The van der Waals surface area contributed by atoms with E-state index in [2.05, 4.69) is 5.16 Å². The molecule has 0 heterocycles. The van der Waals surface area contributed by atoms with Crippen molar-refractivity contribution in [3.63, 3.8) is 0 Å². The van der Waals surface area contributed by atoms with Crippen LogP contribution in [0.2, 0.25) is 0 Å². The van der Waals surface area contributed by atoms with Gasteiger partial charge in [-0.15, -0.1) is 0 Å². The third kappa shape index (κ3) is 2.03. The standard InChI is InChI=1S/C4H10N2O/c1-3(2)4(5)6-7/h3,7H,1-2H3,(H2,5,6)/p-1. The molecule has 0 fully saturated rings. The zero-order valence-electron chi connectivity index (χ0n) is 4.51. The molecule has 0 aliphatic carbocycles. The highest BCUT2D eigenvalue weighted by Crippen LogP contribution is 1.88. The smallest absolute Gasteiger partial charge is 0.0914 e. The maximum atomic E-state index is 9.53. The zero-order valence-corrected chi connectivity index (χ0v) is 4.51. The fraction of sp³-hybridized carbons (Fsp3) is 0.750. The second-order valence-electron chi connectivity index (χ2n) is 1.67. The van der Waals surface area contributed by atoms with Gasteiger partial charge >= 0.3 is 0 Å². The average Bonchev–Trinajstić information content (AvgIpc) is 1.65. The van der Waals surface area contributed by atoms with E-state index >= 15 is 0 Å². The van der Waals surface area contributed by atoms with Crippen LogP contribution in [0, 0.1) is 11.1 Å². The van der Waals surface area contributed by atoms with Crippen LogP contribution in [0.25, 0.3) is 0 Å². The van der Waals surface area contributed by atoms with Crippen molar-refractivity contribution in [2.45, 2.75) is 13.8 Å². The van der Waals surface area contributed by atoms with E-state index in [0.29, 0.717) is 0 Å². The molecule has 2 N–H and O–H groups in total. The summed E-state index contributed by atoms with van der Waals surface area (Å²) in [4.78, 5) is 0. The lowest BCUT2D eigenvalue weighted by atomic mass is 10.2. The van der Waals surface area contributed by atoms with Crippen molar-refractivity contribution in [3.05, 3.63) is 5.21 Å². The second-order valence-corrected chi connectivity index (χ2v) is 1.67. The molecule has 0 saturated heterocycles. The first-order valence-electron chi connectivity index (χ1n) is 2.14. The van der Waals surface area contributed by atoms with Gasteiger partial charge in [-0.3, -0.25) is 0 Å². The predicted octanol–water partition coefficient (Wildman–Crippen LogP) is 0.497. The third-order valence-corrected chi connectivity index (χ3v) is 0.697. The van der Waals surface area contributed by atoms with Gasteiger partial charge < -0.3 is 16.1 Å². The normalized spacial score (nSPS) is 12.7. The lowest BCUT2D eigenvalue weighted by Gasteiger charge is -2.03. The summed E-state index contributed by atoms with van der Waals surface area (Å²) in [6, 6.07) is 0. The van der Waals surface area contributed by atoms with Crippen LogP contribution in [0.3, 0.4) is 0 Å². The fourth-order valence-corrected chi connectivity index (χ4v) is 0.105. The minimum atomic E-state index is 0.0810. The molecule has 0 bridgehead atoms. The Balaban J connectivity index is 3.56. The number of hydrogen-bond acceptors (Lipinski definition) is 2. The lowest BCUT2D eigenvalue weighted by Crippen LogP contribution is -2.17. The van der Waals surface area contributed by atoms with Gasteiger partial charge in [0.05, 0.1) is 5.84 Å². The van der Waals surface area contributed by atoms with Gasteiger partial charge in [0.25, 0.3) is 0 Å². The summed E-state index contributed by atoms with van der Waals surface area (Å²) in [6.07, 6.45) is 0. The van der Waals surface area contributed by atoms with E-state index in [9.17, 15) is 5.21 Å². The van der Waals surface area contributed by atoms with Gasteiger partial charge in [-0.25, -0.2) is 0 Å². The molecule has 0 saturated carbocycles. The van der Waals surface area contributed by atoms with Crippen molar-refractivity contribution in [1.29, 1.82) is 0 Å². The summed E-state index contributed by atoms with van der Waals surface area (Å²) in [5, 5.41) is 12.1. The van der Waals surface area contributed by atoms with Crippen LogP contribution in [-0.4, -0.2) is 5.84 Å². The molecule has 0 unspecified atom stereocenters. The van der Waals surface area contributed by atoms with E-state index < -0.39 is 0 Å². The molecule has 0 aliphatic heterocycles. The third-order valence-electron chi connectivity index (χ3n) is 0.697. The molecule has 42 valence electrons. The van der Waals surface area contributed by atoms with Gasteiger partial charge in [0.2, 0.25) is 0 Å². The van der Waals surface area contributed by atoms with E-state index in [4.69, 9.17) is 5.73 Å². The van der Waals surface area contributed by atoms with Crippen LogP contribution in [0.15, 0.2) is 5.16 Å². The molecule has 0 aromatic carbocycles. The summed E-state index contributed by atoms with van der Waals surface area (Å²) >= 11 is 0. The van der Waals surface area contributed by atoms with E-state index in [1.165, 1.54) is 0 Å². The SMILES string of the molecule is CC(C)C(N)=N[O-]. The Morgan fingerprint density at radius 2 is 2.14 bits per heavy atom. The van der Waals surface area contributed by atoms with E-state index in [1.54, 1.807) is 0 Å². The number of rotatable bonds is 1. The summed E-state index contributed by atoms with van der Waals surface area (Å²) in [5.41, 5.74) is 5.05. The van der Waals surface area contributed by atoms with Gasteiger partial charge in [-0.05, 0) is 0 Å². The summed E-state index contributed by atoms with van der Waals surface area (Å²) in [7, 11) is 0. The van der Waals surface area contributed by atoms with Crippen LogP contribution >= 0.6 is 0 Å². The van der Waals surface area contributed by atoms with Crippen molar-refractivity contribution in [3.8, 4) is 0 Å². The Labute approximate surface area is 42.8 Å². The second kappa shape index (κ2) is 2.44. The van der Waals surface area contributed by atoms with Gasteiger partial charge in [-0.1, -0.05) is 13.8 Å². The number of amidine groups is 1. The van der Waals surface area contributed by atoms with Gasteiger partial charge in [0, 0.05) is 5.92 Å². The summed E-state index contributed by atoms with van der Waals surface area (Å²) < 4.78 is 0. The Hall–Kier alpha value is -0.730. The first-order chi connectivity index (χ1) is 3.18. The Morgan fingerprint density at radius 1 is 1.71 bits per heavy atom. The van der Waals surface area contributed by atoms with Crippen LogP contribution in [-0.2, 0) is 0 Å². The molecular weight excluding hydrogens is 92.1 g/mol. The van der Waals surface area contributed by atoms with Crippen molar-refractivity contribution < 1.29 is 0 Å². The molecule has 0 aromatic heterocycles. The van der Waals surface area contributed by atoms with Crippen molar-refractivity contribution in [2.24, 2.45) is 16.8 Å². The van der Waals surface area contributed by atoms with Gasteiger partial charge in [0.15, 0.2) is 0 Å². The van der Waals surface area contributed by atoms with Crippen LogP contribution in [0.1, 0.15) is 13.8 Å². The molecular formula is C4H9N2O-. The van der Waals surface area contributed by atoms with Crippen LogP contribution < -0.4 is 5.73 Å².